The van der Waals surface area contributed by atoms with Gasteiger partial charge in [-0.05, 0) is 43.2 Å². The lowest BCUT2D eigenvalue weighted by molar-refractivity contribution is 0.102. The van der Waals surface area contributed by atoms with Gasteiger partial charge in [-0.15, -0.1) is 10.2 Å². The lowest BCUT2D eigenvalue weighted by atomic mass is 10.2. The molecular weight excluding hydrogens is 440 g/mol. The highest BCUT2D eigenvalue weighted by Gasteiger charge is 2.16. The quantitative estimate of drug-likeness (QED) is 0.373. The second-order valence-electron chi connectivity index (χ2n) is 7.03. The van der Waals surface area contributed by atoms with Crippen molar-refractivity contribution in [1.82, 2.24) is 10.2 Å². The molecule has 0 spiro atoms. The molecule has 0 bridgehead atoms. The van der Waals surface area contributed by atoms with Gasteiger partial charge in [0.25, 0.3) is 15.9 Å². The molecule has 0 radical (unpaired) electrons. The van der Waals surface area contributed by atoms with Gasteiger partial charge in [0.15, 0.2) is 4.34 Å². The van der Waals surface area contributed by atoms with Crippen molar-refractivity contribution in [3.63, 3.8) is 0 Å². The number of thioether (sulfide) groups is 1. The predicted molar refractivity (Wildman–Crippen MR) is 122 cm³/mol. The molecule has 7 nitrogen and oxygen atoms in total. The van der Waals surface area contributed by atoms with Gasteiger partial charge in [-0.3, -0.25) is 14.8 Å². The van der Waals surface area contributed by atoms with E-state index >= 15 is 0 Å². The second-order valence-corrected chi connectivity index (χ2v) is 11.0. The van der Waals surface area contributed by atoms with Crippen LogP contribution in [-0.2, 0) is 10.0 Å². The minimum atomic E-state index is -3.75. The third kappa shape index (κ3) is 6.04. The van der Waals surface area contributed by atoms with Crippen LogP contribution in [0.2, 0.25) is 0 Å². The Hall–Kier alpha value is -2.43. The van der Waals surface area contributed by atoms with E-state index in [1.807, 2.05) is 6.92 Å². The SMILES string of the molecule is Cc1ccc(S(=O)(=O)Nc2cccc(C(=O)Nc3nnc(SCC(C)C)s3)c2)cc1. The van der Waals surface area contributed by atoms with E-state index in [0.717, 1.165) is 15.7 Å². The number of benzene rings is 2. The minimum Gasteiger partial charge on any atom is -0.296 e. The molecule has 0 saturated carbocycles. The van der Waals surface area contributed by atoms with Crippen molar-refractivity contribution < 1.29 is 13.2 Å². The Balaban J connectivity index is 1.69. The third-order valence-electron chi connectivity index (χ3n) is 3.88. The predicted octanol–water partition coefficient (Wildman–Crippen LogP) is 4.65. The highest BCUT2D eigenvalue weighted by atomic mass is 32.2. The van der Waals surface area contributed by atoms with E-state index in [2.05, 4.69) is 34.1 Å². The Morgan fingerprint density at radius 1 is 1.13 bits per heavy atom. The molecule has 0 atom stereocenters. The number of carbonyl (C=O) groups is 1. The number of nitrogens with one attached hydrogen (secondary N) is 2. The molecule has 3 aromatic rings. The van der Waals surface area contributed by atoms with E-state index < -0.39 is 10.0 Å². The van der Waals surface area contributed by atoms with Gasteiger partial charge in [-0.25, -0.2) is 8.42 Å². The third-order valence-corrected chi connectivity index (χ3v) is 7.67. The molecule has 2 aromatic carbocycles. The number of hydrogen-bond donors (Lipinski definition) is 2. The van der Waals surface area contributed by atoms with Gasteiger partial charge >= 0.3 is 0 Å². The van der Waals surface area contributed by atoms with Crippen molar-refractivity contribution in [2.45, 2.75) is 30.0 Å². The van der Waals surface area contributed by atoms with Crippen LogP contribution in [-0.4, -0.2) is 30.3 Å². The Morgan fingerprint density at radius 2 is 1.87 bits per heavy atom. The van der Waals surface area contributed by atoms with Gasteiger partial charge in [0.05, 0.1) is 4.90 Å². The number of hydrogen-bond acceptors (Lipinski definition) is 7. The fourth-order valence-corrected chi connectivity index (χ4v) is 5.15. The van der Waals surface area contributed by atoms with Crippen LogP contribution in [0, 0.1) is 12.8 Å². The lowest BCUT2D eigenvalue weighted by Gasteiger charge is -2.09. The van der Waals surface area contributed by atoms with E-state index in [1.54, 1.807) is 54.2 Å². The lowest BCUT2D eigenvalue weighted by Crippen LogP contribution is -2.15. The number of aryl methyl sites for hydroxylation is 1. The van der Waals surface area contributed by atoms with E-state index in [-0.39, 0.29) is 10.8 Å². The zero-order valence-electron chi connectivity index (χ0n) is 16.7. The summed E-state index contributed by atoms with van der Waals surface area (Å²) in [6.07, 6.45) is 0. The van der Waals surface area contributed by atoms with Gasteiger partial charge in [-0.2, -0.15) is 0 Å². The fraction of sp³-hybridized carbons (Fsp3) is 0.250. The number of sulfonamides is 1. The number of nitrogens with zero attached hydrogens (tertiary/aromatic N) is 2. The molecule has 0 fully saturated rings. The molecule has 10 heteroatoms. The Morgan fingerprint density at radius 3 is 2.57 bits per heavy atom. The first-order valence-corrected chi connectivity index (χ1v) is 12.5. The summed E-state index contributed by atoms with van der Waals surface area (Å²) in [6, 6.07) is 12.8. The summed E-state index contributed by atoms with van der Waals surface area (Å²) in [5.41, 5.74) is 1.58. The van der Waals surface area contributed by atoms with E-state index in [4.69, 9.17) is 0 Å². The van der Waals surface area contributed by atoms with Crippen molar-refractivity contribution in [3.8, 4) is 0 Å². The number of aromatic nitrogens is 2. The summed E-state index contributed by atoms with van der Waals surface area (Å²) in [5, 5.41) is 11.2. The normalized spacial score (nSPS) is 11.5. The summed E-state index contributed by atoms with van der Waals surface area (Å²) < 4.78 is 28.4. The van der Waals surface area contributed by atoms with Crippen molar-refractivity contribution in [2.75, 3.05) is 15.8 Å². The maximum absolute atomic E-state index is 12.6. The summed E-state index contributed by atoms with van der Waals surface area (Å²) in [6.45, 7) is 6.13. The van der Waals surface area contributed by atoms with Gasteiger partial charge in [0, 0.05) is 17.0 Å². The smallest absolute Gasteiger partial charge is 0.261 e. The first kappa shape index (κ1) is 22.3. The average molecular weight is 463 g/mol. The molecular formula is C20H22N4O3S3. The maximum Gasteiger partial charge on any atom is 0.261 e. The highest BCUT2D eigenvalue weighted by molar-refractivity contribution is 8.01. The zero-order valence-corrected chi connectivity index (χ0v) is 19.2. The molecule has 0 aliphatic rings. The fourth-order valence-electron chi connectivity index (χ4n) is 2.38. The molecule has 1 heterocycles. The average Bonchev–Trinajstić information content (AvgIpc) is 3.14. The Bertz CT molecular complexity index is 1130. The molecule has 0 unspecified atom stereocenters. The number of carbonyl (C=O) groups excluding carboxylic acids is 1. The number of anilines is 2. The van der Waals surface area contributed by atoms with Gasteiger partial charge in [0.1, 0.15) is 0 Å². The first-order valence-electron chi connectivity index (χ1n) is 9.20. The summed E-state index contributed by atoms with van der Waals surface area (Å²) in [7, 11) is -3.75. The van der Waals surface area contributed by atoms with Crippen LogP contribution >= 0.6 is 23.1 Å². The maximum atomic E-state index is 12.6. The molecule has 0 aliphatic heterocycles. The monoisotopic (exact) mass is 462 g/mol. The van der Waals surface area contributed by atoms with Crippen molar-refractivity contribution in [1.29, 1.82) is 0 Å². The molecule has 3 rings (SSSR count). The molecule has 1 aromatic heterocycles. The van der Waals surface area contributed by atoms with Crippen molar-refractivity contribution >= 4 is 49.8 Å². The van der Waals surface area contributed by atoms with Crippen LogP contribution < -0.4 is 10.0 Å². The standard InChI is InChI=1S/C20H22N4O3S3/c1-13(2)12-28-20-23-22-19(29-20)21-18(25)15-5-4-6-16(11-15)24-30(26,27)17-9-7-14(3)8-10-17/h4-11,13,24H,12H2,1-3H3,(H,21,22,25). The molecule has 1 amide bonds. The van der Waals surface area contributed by atoms with E-state index in [0.29, 0.717) is 22.3 Å². The topological polar surface area (TPSA) is 101 Å². The Kier molecular flexibility index (Phi) is 7.11. The highest BCUT2D eigenvalue weighted by Crippen LogP contribution is 2.27. The minimum absolute atomic E-state index is 0.156. The second kappa shape index (κ2) is 9.59. The summed E-state index contributed by atoms with van der Waals surface area (Å²) in [5.74, 6) is 1.07. The van der Waals surface area contributed by atoms with Crippen molar-refractivity contribution in [3.05, 3.63) is 59.7 Å². The van der Waals surface area contributed by atoms with Gasteiger partial charge in [-0.1, -0.05) is 60.7 Å². The molecule has 0 aliphatic carbocycles. The van der Waals surface area contributed by atoms with Crippen LogP contribution in [0.5, 0.6) is 0 Å². The van der Waals surface area contributed by atoms with Gasteiger partial charge < -0.3 is 0 Å². The van der Waals surface area contributed by atoms with Crippen LogP contribution in [0.25, 0.3) is 0 Å². The van der Waals surface area contributed by atoms with Crippen LogP contribution in [0.15, 0.2) is 57.8 Å². The van der Waals surface area contributed by atoms with E-state index in [9.17, 15) is 13.2 Å². The largest absolute Gasteiger partial charge is 0.296 e. The number of rotatable bonds is 8. The first-order chi connectivity index (χ1) is 14.2. The molecule has 0 saturated heterocycles. The van der Waals surface area contributed by atoms with Crippen LogP contribution in [0.1, 0.15) is 29.8 Å². The molecule has 2 N–H and O–H groups in total. The Labute approximate surface area is 184 Å². The summed E-state index contributed by atoms with van der Waals surface area (Å²) in [4.78, 5) is 12.7. The van der Waals surface area contributed by atoms with Crippen LogP contribution in [0.3, 0.4) is 0 Å². The van der Waals surface area contributed by atoms with Crippen molar-refractivity contribution in [2.24, 2.45) is 5.92 Å². The van der Waals surface area contributed by atoms with Gasteiger partial charge in [0.2, 0.25) is 5.13 Å². The number of amides is 1. The molecule has 30 heavy (non-hydrogen) atoms. The zero-order chi connectivity index (χ0) is 21.7. The van der Waals surface area contributed by atoms with Crippen LogP contribution in [0.4, 0.5) is 10.8 Å². The molecule has 158 valence electrons. The van der Waals surface area contributed by atoms with E-state index in [1.165, 1.54) is 17.4 Å². The summed E-state index contributed by atoms with van der Waals surface area (Å²) >= 11 is 2.90.